The highest BCUT2D eigenvalue weighted by atomic mass is 32.1. The Morgan fingerprint density at radius 2 is 1.65 bits per heavy atom. The number of aromatic nitrogens is 3. The molecule has 40 heavy (non-hydrogen) atoms. The highest BCUT2D eigenvalue weighted by molar-refractivity contribution is 7.81. The fourth-order valence-corrected chi connectivity index (χ4v) is 5.04. The van der Waals surface area contributed by atoms with Crippen LogP contribution in [0.3, 0.4) is 0 Å². The second kappa shape index (κ2) is 11.7. The molecule has 9 heteroatoms. The number of nitrogens with zero attached hydrogens (tertiary/aromatic N) is 5. The van der Waals surface area contributed by atoms with Gasteiger partial charge in [0.2, 0.25) is 0 Å². The van der Waals surface area contributed by atoms with Gasteiger partial charge in [0.1, 0.15) is 5.82 Å². The van der Waals surface area contributed by atoms with Crippen molar-refractivity contribution in [3.05, 3.63) is 109 Å². The van der Waals surface area contributed by atoms with Crippen LogP contribution < -0.4 is 14.9 Å². The van der Waals surface area contributed by atoms with Gasteiger partial charge >= 0.3 is 0 Å². The third kappa shape index (κ3) is 5.90. The quantitative estimate of drug-likeness (QED) is 0.231. The van der Waals surface area contributed by atoms with E-state index in [9.17, 15) is 4.79 Å². The summed E-state index contributed by atoms with van der Waals surface area (Å²) < 4.78 is 2.75. The van der Waals surface area contributed by atoms with Gasteiger partial charge in [0, 0.05) is 62.1 Å². The molecule has 1 amide bonds. The first-order chi connectivity index (χ1) is 19.6. The van der Waals surface area contributed by atoms with Gasteiger partial charge < -0.3 is 14.9 Å². The van der Waals surface area contributed by atoms with Gasteiger partial charge in [-0.2, -0.15) is 0 Å². The molecular formula is C31H29N7OS. The molecule has 2 N–H and O–H groups in total. The molecule has 0 saturated carbocycles. The summed E-state index contributed by atoms with van der Waals surface area (Å²) >= 11 is 4.05. The molecule has 6 rings (SSSR count). The van der Waals surface area contributed by atoms with E-state index in [0.29, 0.717) is 5.56 Å². The number of anilines is 3. The topological polar surface area (TPSA) is 86.3 Å². The molecule has 0 spiro atoms. The number of nitrogens with one attached hydrogen (secondary N) is 2. The Bertz CT molecular complexity index is 1620. The molecule has 0 aliphatic carbocycles. The van der Waals surface area contributed by atoms with Gasteiger partial charge in [-0.25, -0.2) is 4.98 Å². The molecule has 0 radical (unpaired) electrons. The molecule has 5 aromatic rings. The summed E-state index contributed by atoms with van der Waals surface area (Å²) in [6.07, 6.45) is 5.62. The summed E-state index contributed by atoms with van der Waals surface area (Å²) in [5, 5.41) is 2.95. The van der Waals surface area contributed by atoms with Crippen LogP contribution in [0.1, 0.15) is 15.9 Å². The predicted octanol–water partition coefficient (Wildman–Crippen LogP) is 5.52. The minimum Gasteiger partial charge on any atom is -0.353 e. The zero-order valence-electron chi connectivity index (χ0n) is 21.9. The minimum absolute atomic E-state index is 0.176. The zero-order valence-corrected chi connectivity index (χ0v) is 22.8. The van der Waals surface area contributed by atoms with Gasteiger partial charge in [-0.15, -0.1) is 0 Å². The van der Waals surface area contributed by atoms with Crippen molar-refractivity contribution in [3.8, 4) is 11.1 Å². The monoisotopic (exact) mass is 547 g/mol. The van der Waals surface area contributed by atoms with Gasteiger partial charge in [0.05, 0.1) is 17.2 Å². The number of benzene rings is 3. The van der Waals surface area contributed by atoms with Crippen LogP contribution in [0.5, 0.6) is 0 Å². The maximum Gasteiger partial charge on any atom is 0.255 e. The Morgan fingerprint density at radius 1 is 0.825 bits per heavy atom. The van der Waals surface area contributed by atoms with E-state index >= 15 is 0 Å². The van der Waals surface area contributed by atoms with E-state index in [-0.39, 0.29) is 5.91 Å². The lowest BCUT2D eigenvalue weighted by molar-refractivity contribution is 0.102. The van der Waals surface area contributed by atoms with Crippen molar-refractivity contribution in [3.63, 3.8) is 0 Å². The van der Waals surface area contributed by atoms with Gasteiger partial charge in [0.15, 0.2) is 0 Å². The van der Waals surface area contributed by atoms with Crippen molar-refractivity contribution in [1.82, 2.24) is 19.9 Å². The lowest BCUT2D eigenvalue weighted by atomic mass is 10.0. The summed E-state index contributed by atoms with van der Waals surface area (Å²) in [7, 11) is 0. The maximum atomic E-state index is 12.7. The molecular weight excluding hydrogens is 518 g/mol. The highest BCUT2D eigenvalue weighted by Crippen LogP contribution is 2.26. The predicted molar refractivity (Wildman–Crippen MR) is 164 cm³/mol. The van der Waals surface area contributed by atoms with Crippen molar-refractivity contribution in [1.29, 1.82) is 0 Å². The van der Waals surface area contributed by atoms with Crippen molar-refractivity contribution in [2.24, 2.45) is 0 Å². The third-order valence-electron chi connectivity index (χ3n) is 7.08. The fraction of sp³-hybridized carbons (Fsp3) is 0.161. The van der Waals surface area contributed by atoms with E-state index < -0.39 is 0 Å². The Balaban J connectivity index is 1.12. The number of thiol groups is 1. The Labute approximate surface area is 238 Å². The molecule has 0 unspecified atom stereocenters. The van der Waals surface area contributed by atoms with E-state index in [2.05, 4.69) is 60.8 Å². The van der Waals surface area contributed by atoms with Crippen LogP contribution in [-0.4, -0.2) is 51.9 Å². The molecule has 200 valence electrons. The van der Waals surface area contributed by atoms with Crippen molar-refractivity contribution in [2.75, 3.05) is 41.1 Å². The number of fused-ring (bicyclic) bond motifs is 1. The van der Waals surface area contributed by atoms with Gasteiger partial charge in [-0.05, 0) is 65.2 Å². The summed E-state index contributed by atoms with van der Waals surface area (Å²) in [6.45, 7) is 4.66. The highest BCUT2D eigenvalue weighted by Gasteiger charge is 2.19. The fourth-order valence-electron chi connectivity index (χ4n) is 4.90. The van der Waals surface area contributed by atoms with Crippen LogP contribution in [0, 0.1) is 0 Å². The SMILES string of the molecule is O=C(Nc1ccc(-c2ccc3ncc(N4CCN(Cc5cccnc5)CC4)nc3c2)cc1)c1cccc(NS)c1. The number of carbonyl (C=O) groups is 1. The molecule has 1 aliphatic rings. The molecule has 1 saturated heterocycles. The summed E-state index contributed by atoms with van der Waals surface area (Å²) in [6, 6.07) is 25.2. The molecule has 2 aromatic heterocycles. The number of hydrogen-bond donors (Lipinski definition) is 3. The minimum atomic E-state index is -0.176. The maximum absolute atomic E-state index is 12.7. The first-order valence-electron chi connectivity index (χ1n) is 13.2. The van der Waals surface area contributed by atoms with E-state index in [1.54, 1.807) is 12.1 Å². The van der Waals surface area contributed by atoms with E-state index in [0.717, 1.165) is 72.1 Å². The smallest absolute Gasteiger partial charge is 0.255 e. The van der Waals surface area contributed by atoms with Crippen LogP contribution in [0.2, 0.25) is 0 Å². The van der Waals surface area contributed by atoms with Crippen molar-refractivity contribution in [2.45, 2.75) is 6.54 Å². The normalized spacial score (nSPS) is 13.8. The second-order valence-corrected chi connectivity index (χ2v) is 10.0. The molecule has 1 fully saturated rings. The second-order valence-electron chi connectivity index (χ2n) is 9.78. The van der Waals surface area contributed by atoms with Gasteiger partial charge in [-0.3, -0.25) is 19.7 Å². The van der Waals surface area contributed by atoms with Crippen molar-refractivity contribution >= 4 is 46.9 Å². The molecule has 3 aromatic carbocycles. The first-order valence-corrected chi connectivity index (χ1v) is 13.6. The number of hydrogen-bond acceptors (Lipinski definition) is 8. The van der Waals surface area contributed by atoms with Crippen LogP contribution in [-0.2, 0) is 6.54 Å². The van der Waals surface area contributed by atoms with E-state index in [1.807, 2.05) is 67.1 Å². The number of piperazine rings is 1. The molecule has 3 heterocycles. The molecule has 1 aliphatic heterocycles. The summed E-state index contributed by atoms with van der Waals surface area (Å²) in [4.78, 5) is 31.3. The zero-order chi connectivity index (χ0) is 27.3. The lowest BCUT2D eigenvalue weighted by Gasteiger charge is -2.35. The third-order valence-corrected chi connectivity index (χ3v) is 7.34. The largest absolute Gasteiger partial charge is 0.353 e. The Hall–Kier alpha value is -4.47. The molecule has 0 atom stereocenters. The van der Waals surface area contributed by atoms with Crippen LogP contribution in [0.4, 0.5) is 17.2 Å². The number of amides is 1. The summed E-state index contributed by atoms with van der Waals surface area (Å²) in [5.41, 5.74) is 7.10. The average Bonchev–Trinajstić information content (AvgIpc) is 3.02. The molecule has 8 nitrogen and oxygen atoms in total. The number of carbonyl (C=O) groups excluding carboxylic acids is 1. The average molecular weight is 548 g/mol. The summed E-state index contributed by atoms with van der Waals surface area (Å²) in [5.74, 6) is 0.727. The van der Waals surface area contributed by atoms with Gasteiger partial charge in [-0.1, -0.05) is 43.1 Å². The standard InChI is InChI=1S/C31H29N7OS/c39-31(25-4-1-5-27(17-25)36-40)34-26-9-6-23(7-10-26)24-8-11-28-29(18-24)35-30(20-33-28)38-15-13-37(14-16-38)21-22-3-2-12-32-19-22/h1-12,17-20,36,40H,13-16,21H2,(H,34,39). The van der Waals surface area contributed by atoms with Crippen LogP contribution >= 0.6 is 12.8 Å². The van der Waals surface area contributed by atoms with Gasteiger partial charge in [0.25, 0.3) is 5.91 Å². The Morgan fingerprint density at radius 3 is 2.42 bits per heavy atom. The molecule has 0 bridgehead atoms. The van der Waals surface area contributed by atoms with Crippen LogP contribution in [0.25, 0.3) is 22.2 Å². The number of rotatable bonds is 7. The lowest BCUT2D eigenvalue weighted by Crippen LogP contribution is -2.46. The number of pyridine rings is 1. The first kappa shape index (κ1) is 25.8. The van der Waals surface area contributed by atoms with E-state index in [4.69, 9.17) is 4.98 Å². The van der Waals surface area contributed by atoms with Crippen LogP contribution in [0.15, 0.2) is 97.5 Å². The van der Waals surface area contributed by atoms with Crippen molar-refractivity contribution < 1.29 is 4.79 Å². The van der Waals surface area contributed by atoms with E-state index in [1.165, 1.54) is 5.56 Å². The Kier molecular flexibility index (Phi) is 7.56.